The van der Waals surface area contributed by atoms with E-state index < -0.39 is 6.09 Å². The summed E-state index contributed by atoms with van der Waals surface area (Å²) in [6.07, 6.45) is -0.504. The van der Waals surface area contributed by atoms with E-state index in [2.05, 4.69) is 10.6 Å². The van der Waals surface area contributed by atoms with Gasteiger partial charge in [-0.25, -0.2) is 4.79 Å². The van der Waals surface area contributed by atoms with Crippen molar-refractivity contribution in [2.24, 2.45) is 0 Å². The van der Waals surface area contributed by atoms with E-state index >= 15 is 0 Å². The van der Waals surface area contributed by atoms with Crippen LogP contribution in [-0.4, -0.2) is 38.5 Å². The molecule has 1 saturated heterocycles. The van der Waals surface area contributed by atoms with Gasteiger partial charge in [-0.15, -0.1) is 0 Å². The molecule has 0 radical (unpaired) electrons. The van der Waals surface area contributed by atoms with Gasteiger partial charge >= 0.3 is 6.09 Å². The lowest BCUT2D eigenvalue weighted by Gasteiger charge is -2.23. The first kappa shape index (κ1) is 12.9. The number of rotatable bonds is 3. The van der Waals surface area contributed by atoms with Crippen molar-refractivity contribution in [3.63, 3.8) is 0 Å². The fourth-order valence-corrected chi connectivity index (χ4v) is 1.69. The predicted molar refractivity (Wildman–Crippen MR) is 68.8 cm³/mol. The maximum Gasteiger partial charge on any atom is 0.411 e. The molecule has 98 valence electrons. The Labute approximate surface area is 106 Å². The molecule has 1 unspecified atom stereocenters. The Morgan fingerprint density at radius 2 is 2.28 bits per heavy atom. The molecule has 0 aromatic heterocycles. The van der Waals surface area contributed by atoms with Crippen LogP contribution >= 0.6 is 0 Å². The summed E-state index contributed by atoms with van der Waals surface area (Å²) < 4.78 is 10.5. The summed E-state index contributed by atoms with van der Waals surface area (Å²) in [6, 6.07) is 7.55. The van der Waals surface area contributed by atoms with Gasteiger partial charge in [-0.2, -0.15) is 0 Å². The molecule has 0 bridgehead atoms. The molecule has 0 spiro atoms. The number of amides is 1. The normalized spacial score (nSPS) is 19.3. The molecule has 5 heteroatoms. The van der Waals surface area contributed by atoms with E-state index in [0.717, 1.165) is 24.3 Å². The lowest BCUT2D eigenvalue weighted by molar-refractivity contribution is -0.00984. The summed E-state index contributed by atoms with van der Waals surface area (Å²) in [4.78, 5) is 11.5. The minimum Gasteiger partial charge on any atom is -0.446 e. The molecular weight excluding hydrogens is 232 g/mol. The standard InChI is InChI=1S/C13H18N2O3/c1-10-2-4-11(5-3-10)15-13(16)18-9-12-8-14-6-7-17-12/h2-5,12,14H,6-9H2,1H3,(H,15,16). The molecule has 1 fully saturated rings. The number of carbonyl (C=O) groups is 1. The van der Waals surface area contributed by atoms with Crippen LogP contribution in [0.2, 0.25) is 0 Å². The largest absolute Gasteiger partial charge is 0.446 e. The minimum atomic E-state index is -0.451. The molecule has 2 rings (SSSR count). The van der Waals surface area contributed by atoms with Crippen LogP contribution in [0.25, 0.3) is 0 Å². The van der Waals surface area contributed by atoms with E-state index in [9.17, 15) is 4.79 Å². The minimum absolute atomic E-state index is 0.0532. The summed E-state index contributed by atoms with van der Waals surface area (Å²) in [5, 5.41) is 5.85. The average molecular weight is 250 g/mol. The highest BCUT2D eigenvalue weighted by molar-refractivity contribution is 5.84. The fraction of sp³-hybridized carbons (Fsp3) is 0.462. The van der Waals surface area contributed by atoms with Gasteiger partial charge < -0.3 is 14.8 Å². The van der Waals surface area contributed by atoms with E-state index in [0.29, 0.717) is 6.61 Å². The Morgan fingerprint density at radius 1 is 1.50 bits per heavy atom. The van der Waals surface area contributed by atoms with Crippen molar-refractivity contribution in [1.29, 1.82) is 0 Å². The van der Waals surface area contributed by atoms with Gasteiger partial charge in [0.1, 0.15) is 12.7 Å². The first-order valence-electron chi connectivity index (χ1n) is 6.07. The van der Waals surface area contributed by atoms with Crippen molar-refractivity contribution in [3.05, 3.63) is 29.8 Å². The summed E-state index contributed by atoms with van der Waals surface area (Å²) >= 11 is 0. The van der Waals surface area contributed by atoms with Crippen molar-refractivity contribution >= 4 is 11.8 Å². The fourth-order valence-electron chi connectivity index (χ4n) is 1.69. The zero-order chi connectivity index (χ0) is 12.8. The van der Waals surface area contributed by atoms with Gasteiger partial charge in [0.05, 0.1) is 6.61 Å². The molecule has 2 N–H and O–H groups in total. The molecule has 1 aromatic carbocycles. The molecular formula is C13H18N2O3. The smallest absolute Gasteiger partial charge is 0.411 e. The summed E-state index contributed by atoms with van der Waals surface area (Å²) in [7, 11) is 0. The van der Waals surface area contributed by atoms with E-state index in [1.807, 2.05) is 31.2 Å². The highest BCUT2D eigenvalue weighted by Gasteiger charge is 2.15. The topological polar surface area (TPSA) is 59.6 Å². The van der Waals surface area contributed by atoms with Gasteiger partial charge in [0.15, 0.2) is 0 Å². The van der Waals surface area contributed by atoms with Crippen molar-refractivity contribution in [1.82, 2.24) is 5.32 Å². The number of carbonyl (C=O) groups excluding carboxylic acids is 1. The second-order valence-electron chi connectivity index (χ2n) is 4.29. The summed E-state index contributed by atoms with van der Waals surface area (Å²) in [6.45, 7) is 4.50. The zero-order valence-electron chi connectivity index (χ0n) is 10.4. The van der Waals surface area contributed by atoms with Crippen LogP contribution < -0.4 is 10.6 Å². The van der Waals surface area contributed by atoms with Crippen molar-refractivity contribution in [2.45, 2.75) is 13.0 Å². The van der Waals surface area contributed by atoms with Crippen LogP contribution in [0.4, 0.5) is 10.5 Å². The molecule has 0 aliphatic carbocycles. The Kier molecular flexibility index (Phi) is 4.55. The molecule has 5 nitrogen and oxygen atoms in total. The molecule has 1 aliphatic heterocycles. The average Bonchev–Trinajstić information content (AvgIpc) is 2.40. The molecule has 18 heavy (non-hydrogen) atoms. The number of ether oxygens (including phenoxy) is 2. The number of anilines is 1. The maximum absolute atomic E-state index is 11.5. The van der Waals surface area contributed by atoms with Crippen molar-refractivity contribution < 1.29 is 14.3 Å². The van der Waals surface area contributed by atoms with Gasteiger partial charge in [-0.3, -0.25) is 5.32 Å². The van der Waals surface area contributed by atoms with E-state index in [1.165, 1.54) is 0 Å². The van der Waals surface area contributed by atoms with E-state index in [4.69, 9.17) is 9.47 Å². The summed E-state index contributed by atoms with van der Waals surface area (Å²) in [5.74, 6) is 0. The third-order valence-corrected chi connectivity index (χ3v) is 2.70. The molecule has 1 amide bonds. The third-order valence-electron chi connectivity index (χ3n) is 2.70. The van der Waals surface area contributed by atoms with Crippen LogP contribution in [-0.2, 0) is 9.47 Å². The van der Waals surface area contributed by atoms with Crippen LogP contribution in [0.3, 0.4) is 0 Å². The van der Waals surface area contributed by atoms with E-state index in [-0.39, 0.29) is 12.7 Å². The van der Waals surface area contributed by atoms with Crippen molar-refractivity contribution in [2.75, 3.05) is 31.6 Å². The van der Waals surface area contributed by atoms with E-state index in [1.54, 1.807) is 0 Å². The Hall–Kier alpha value is -1.59. The monoisotopic (exact) mass is 250 g/mol. The van der Waals surface area contributed by atoms with Gasteiger partial charge in [-0.05, 0) is 19.1 Å². The number of benzene rings is 1. The van der Waals surface area contributed by atoms with Gasteiger partial charge in [0.25, 0.3) is 0 Å². The lowest BCUT2D eigenvalue weighted by atomic mass is 10.2. The molecule has 1 aromatic rings. The number of aryl methyl sites for hydroxylation is 1. The Balaban J connectivity index is 1.73. The third kappa shape index (κ3) is 4.01. The predicted octanol–water partition coefficient (Wildman–Crippen LogP) is 1.53. The van der Waals surface area contributed by atoms with Crippen LogP contribution in [0.15, 0.2) is 24.3 Å². The number of nitrogens with one attached hydrogen (secondary N) is 2. The summed E-state index contributed by atoms with van der Waals surface area (Å²) in [5.41, 5.74) is 1.88. The lowest BCUT2D eigenvalue weighted by Crippen LogP contribution is -2.41. The quantitative estimate of drug-likeness (QED) is 0.854. The maximum atomic E-state index is 11.5. The number of hydrogen-bond donors (Lipinski definition) is 2. The highest BCUT2D eigenvalue weighted by atomic mass is 16.6. The highest BCUT2D eigenvalue weighted by Crippen LogP contribution is 2.09. The Morgan fingerprint density at radius 3 is 2.94 bits per heavy atom. The molecule has 1 atom stereocenters. The van der Waals surface area contributed by atoms with Gasteiger partial charge in [-0.1, -0.05) is 17.7 Å². The number of morpholine rings is 1. The SMILES string of the molecule is Cc1ccc(NC(=O)OCC2CNCCO2)cc1. The number of hydrogen-bond acceptors (Lipinski definition) is 4. The van der Waals surface area contributed by atoms with Gasteiger partial charge in [0, 0.05) is 18.8 Å². The van der Waals surface area contributed by atoms with Gasteiger partial charge in [0.2, 0.25) is 0 Å². The first-order chi connectivity index (χ1) is 8.74. The molecule has 1 aliphatic rings. The van der Waals surface area contributed by atoms with Crippen molar-refractivity contribution in [3.8, 4) is 0 Å². The molecule has 0 saturated carbocycles. The second kappa shape index (κ2) is 6.37. The molecule has 1 heterocycles. The van der Waals surface area contributed by atoms with Crippen LogP contribution in [0.1, 0.15) is 5.56 Å². The van der Waals surface area contributed by atoms with Crippen LogP contribution in [0.5, 0.6) is 0 Å². The zero-order valence-corrected chi connectivity index (χ0v) is 10.4. The van der Waals surface area contributed by atoms with Crippen LogP contribution in [0, 0.1) is 6.92 Å². The second-order valence-corrected chi connectivity index (χ2v) is 4.29. The Bertz CT molecular complexity index is 386. The first-order valence-corrected chi connectivity index (χ1v) is 6.07.